The Morgan fingerprint density at radius 2 is 0.763 bits per heavy atom. The molecule has 0 saturated carbocycles. The third kappa shape index (κ3) is 16.8. The van der Waals surface area contributed by atoms with Crippen LogP contribution < -0.4 is 0 Å². The summed E-state index contributed by atoms with van der Waals surface area (Å²) in [6, 6.07) is 23.1. The minimum atomic E-state index is -0.548. The second kappa shape index (κ2) is 33.6. The molecule has 24 heteroatoms. The maximum Gasteiger partial charge on any atom is 0.409 e. The van der Waals surface area contributed by atoms with E-state index >= 15 is 0 Å². The molecule has 12 rings (SSSR count). The van der Waals surface area contributed by atoms with E-state index in [-0.39, 0.29) is 66.4 Å². The molecule has 18 nitrogen and oxygen atoms in total. The van der Waals surface area contributed by atoms with Gasteiger partial charge in [0, 0.05) is 121 Å². The Morgan fingerprint density at radius 1 is 0.443 bits per heavy atom. The van der Waals surface area contributed by atoms with Crippen molar-refractivity contribution in [3.05, 3.63) is 188 Å². The Bertz CT molecular complexity index is 4050. The van der Waals surface area contributed by atoms with Gasteiger partial charge in [0.15, 0.2) is 0 Å². The van der Waals surface area contributed by atoms with Crippen LogP contribution in [0.4, 0.5) is 14.4 Å². The minimum absolute atomic E-state index is 0. The molecule has 3 aliphatic carbocycles. The van der Waals surface area contributed by atoms with Crippen LogP contribution in [0.2, 0.25) is 15.1 Å². The zero-order chi connectivity index (χ0) is 68.5. The Hall–Kier alpha value is -7.14. The maximum absolute atomic E-state index is 12.9. The topological polar surface area (TPSA) is 206 Å². The van der Waals surface area contributed by atoms with E-state index in [2.05, 4.69) is 71.0 Å². The summed E-state index contributed by atoms with van der Waals surface area (Å²) in [5.41, 5.74) is 11.9. The smallest absolute Gasteiger partial charge is 0.409 e. The van der Waals surface area contributed by atoms with Crippen molar-refractivity contribution in [3.8, 4) is 0 Å². The van der Waals surface area contributed by atoms with Crippen molar-refractivity contribution in [3.63, 3.8) is 0 Å². The standard InChI is InChI=1S/C26H27ClN2O6.C24H24BrClN2O4.C22H21Br2ClN2O2.CH4/c1-4-35-26(32)29-9-7-15(8-10-29)22-19-6-5-18(27)11-16(19)12-21(25(31)34-3)20-13-17(24(30)33-2)14-28-23(20)22;1-3-32-24(30)28-8-6-14(7-9-28)21-18-5-4-17(26)10-15(18)11-20(23(29)31-2)19-12-16(25)13-27-22(19)21;1-2-29-22(28)27-7-5-13(6-8-27)20-17-4-3-16(25)9-14(17)10-19(24)18-11-15(23)12-26-21(18)20;/h5-6,11-15,22H,4,7-10H2,1-3H3;4-5,10-14,21H,3,6-9H2,1-2H3;3-4,9-13,20H,2,5-8H2,1H3;1H4. The fraction of sp³-hybridized carbons (Fsp3) is 0.384. The molecule has 0 bridgehead atoms. The van der Waals surface area contributed by atoms with Crippen molar-refractivity contribution < 1.29 is 57.2 Å². The van der Waals surface area contributed by atoms with Crippen molar-refractivity contribution >= 4 is 153 Å². The zero-order valence-corrected chi connectivity index (χ0v) is 60.8. The summed E-state index contributed by atoms with van der Waals surface area (Å²) in [5, 5.41) is 1.85. The number of hydrogen-bond donors (Lipinski definition) is 0. The fourth-order valence-corrected chi connectivity index (χ4v) is 15.6. The summed E-state index contributed by atoms with van der Waals surface area (Å²) in [4.78, 5) is 93.9. The van der Waals surface area contributed by atoms with Crippen molar-refractivity contribution in [2.75, 3.05) is 80.4 Å². The third-order valence-electron chi connectivity index (χ3n) is 18.3. The summed E-state index contributed by atoms with van der Waals surface area (Å²) in [7, 11) is 3.98. The van der Waals surface area contributed by atoms with E-state index in [1.807, 2.05) is 85.6 Å². The number of benzene rings is 3. The molecule has 6 heterocycles. The van der Waals surface area contributed by atoms with E-state index in [1.54, 1.807) is 35.1 Å². The lowest BCUT2D eigenvalue weighted by molar-refractivity contribution is -0.134. The van der Waals surface area contributed by atoms with Gasteiger partial charge in [-0.05, 0) is 215 Å². The van der Waals surface area contributed by atoms with Gasteiger partial charge in [-0.1, -0.05) is 76.4 Å². The van der Waals surface area contributed by atoms with E-state index in [1.165, 1.54) is 33.1 Å². The number of piperidine rings is 3. The molecule has 6 aromatic rings. The van der Waals surface area contributed by atoms with Gasteiger partial charge in [-0.25, -0.2) is 28.8 Å². The van der Waals surface area contributed by atoms with Crippen LogP contribution in [0.3, 0.4) is 0 Å². The molecular weight excluding hydrogens is 1500 g/mol. The Morgan fingerprint density at radius 3 is 1.11 bits per heavy atom. The van der Waals surface area contributed by atoms with E-state index < -0.39 is 17.9 Å². The fourth-order valence-electron chi connectivity index (χ4n) is 13.8. The van der Waals surface area contributed by atoms with Crippen LogP contribution in [0.15, 0.2) is 100 Å². The van der Waals surface area contributed by atoms with Gasteiger partial charge in [-0.15, -0.1) is 0 Å². The van der Waals surface area contributed by atoms with Gasteiger partial charge in [-0.2, -0.15) is 0 Å². The van der Waals surface area contributed by atoms with E-state index in [4.69, 9.17) is 73.2 Å². The van der Waals surface area contributed by atoms with Crippen LogP contribution in [0.5, 0.6) is 0 Å². The number of aromatic nitrogens is 3. The van der Waals surface area contributed by atoms with Crippen LogP contribution in [0, 0.1) is 17.8 Å². The lowest BCUT2D eigenvalue weighted by atomic mass is 9.76. The number of rotatable bonds is 9. The van der Waals surface area contributed by atoms with Crippen molar-refractivity contribution in [2.24, 2.45) is 17.8 Å². The number of methoxy groups -OCH3 is 3. The number of fused-ring (bicyclic) bond motifs is 6. The zero-order valence-electron chi connectivity index (χ0n) is 53.8. The summed E-state index contributed by atoms with van der Waals surface area (Å²) in [6.45, 7) is 10.3. The molecule has 3 saturated heterocycles. The molecule has 3 unspecified atom stereocenters. The van der Waals surface area contributed by atoms with Gasteiger partial charge in [-0.3, -0.25) is 15.0 Å². The van der Waals surface area contributed by atoms with E-state index in [0.29, 0.717) is 91.9 Å². The molecular formula is C73H76Br3Cl3N6O12. The molecule has 512 valence electrons. The van der Waals surface area contributed by atoms with Crippen molar-refractivity contribution in [2.45, 2.75) is 84.5 Å². The molecule has 0 radical (unpaired) electrons. The van der Waals surface area contributed by atoms with E-state index in [0.717, 1.165) is 107 Å². The van der Waals surface area contributed by atoms with E-state index in [9.17, 15) is 28.8 Å². The third-order valence-corrected chi connectivity index (χ3v) is 20.5. The second-order valence-corrected chi connectivity index (χ2v) is 27.7. The molecule has 0 spiro atoms. The SMILES string of the molecule is C.CCOC(=O)N1CCC(C2c3ccc(Cl)cc3C=C(Br)c3cc(Br)cnc32)CC1.CCOC(=O)N1CCC(C2c3ccc(Cl)cc3C=C(C(=O)OC)c3cc(Br)cnc32)CC1.CCOC(=O)N1CCC(C2c3ccc(Cl)cc3C=C(C(=O)OC)c3cc(C(=O)OC)cnc32)CC1. The molecule has 3 fully saturated rings. The van der Waals surface area contributed by atoms with Crippen molar-refractivity contribution in [1.29, 1.82) is 0 Å². The highest BCUT2D eigenvalue weighted by Crippen LogP contribution is 2.50. The van der Waals surface area contributed by atoms with Crippen LogP contribution in [0.1, 0.15) is 162 Å². The molecule has 3 aromatic carbocycles. The first-order chi connectivity index (χ1) is 46.3. The highest BCUT2D eigenvalue weighted by molar-refractivity contribution is 9.15. The summed E-state index contributed by atoms with van der Waals surface area (Å²) in [5.74, 6) is -0.873. The number of likely N-dealkylation sites (tertiary alicyclic amines) is 3. The number of esters is 3. The maximum atomic E-state index is 12.9. The van der Waals surface area contributed by atoms with Crippen LogP contribution in [0.25, 0.3) is 33.9 Å². The predicted octanol–water partition coefficient (Wildman–Crippen LogP) is 17.4. The first kappa shape index (κ1) is 74.1. The lowest BCUT2D eigenvalue weighted by Crippen LogP contribution is -2.40. The first-order valence-electron chi connectivity index (χ1n) is 31.8. The van der Waals surface area contributed by atoms with Gasteiger partial charge in [0.1, 0.15) is 0 Å². The van der Waals surface area contributed by atoms with Gasteiger partial charge < -0.3 is 43.1 Å². The van der Waals surface area contributed by atoms with Crippen LogP contribution in [-0.2, 0) is 38.0 Å². The quantitative estimate of drug-likeness (QED) is 0.0975. The number of carbonyl (C=O) groups is 6. The van der Waals surface area contributed by atoms with Crippen molar-refractivity contribution in [1.82, 2.24) is 29.7 Å². The predicted molar refractivity (Wildman–Crippen MR) is 387 cm³/mol. The Balaban J connectivity index is 0.000000170. The molecule has 3 aromatic heterocycles. The number of pyridine rings is 3. The number of nitrogens with zero attached hydrogens (tertiary/aromatic N) is 6. The number of carbonyl (C=O) groups excluding carboxylic acids is 6. The van der Waals surface area contributed by atoms with Gasteiger partial charge in [0.2, 0.25) is 0 Å². The Kier molecular flexibility index (Phi) is 25.7. The van der Waals surface area contributed by atoms with Crippen LogP contribution >= 0.6 is 82.6 Å². The number of hydrogen-bond acceptors (Lipinski definition) is 15. The number of amides is 3. The van der Waals surface area contributed by atoms with Gasteiger partial charge >= 0.3 is 36.2 Å². The Labute approximate surface area is 605 Å². The monoisotopic (exact) mass is 1570 g/mol. The average Bonchev–Trinajstić information content (AvgIpc) is 1.68. The molecule has 6 aliphatic rings. The largest absolute Gasteiger partial charge is 0.465 e. The van der Waals surface area contributed by atoms with Crippen LogP contribution in [-0.4, -0.2) is 146 Å². The second-order valence-electron chi connectivity index (χ2n) is 23.7. The summed E-state index contributed by atoms with van der Waals surface area (Å²) in [6.07, 6.45) is 14.9. The number of ether oxygens (including phenoxy) is 6. The highest BCUT2D eigenvalue weighted by atomic mass is 79.9. The average molecular weight is 1580 g/mol. The molecule has 3 amide bonds. The lowest BCUT2D eigenvalue weighted by Gasteiger charge is -2.36. The van der Waals surface area contributed by atoms with Gasteiger partial charge in [0.05, 0.1) is 74.9 Å². The first-order valence-corrected chi connectivity index (χ1v) is 35.3. The summed E-state index contributed by atoms with van der Waals surface area (Å²) >= 11 is 29.7. The molecule has 3 atom stereocenters. The molecule has 97 heavy (non-hydrogen) atoms. The highest BCUT2D eigenvalue weighted by Gasteiger charge is 2.41. The minimum Gasteiger partial charge on any atom is -0.465 e. The normalized spacial score (nSPS) is 18.0. The molecule has 0 N–H and O–H groups in total. The van der Waals surface area contributed by atoms with Gasteiger partial charge in [0.25, 0.3) is 0 Å². The number of halogens is 6. The summed E-state index contributed by atoms with van der Waals surface area (Å²) < 4.78 is 33.3. The molecule has 3 aliphatic heterocycles.